The maximum Gasteiger partial charge on any atom is 0.251 e. The van der Waals surface area contributed by atoms with Crippen molar-refractivity contribution in [2.75, 3.05) is 26.3 Å². The van der Waals surface area contributed by atoms with Crippen LogP contribution < -0.4 is 5.32 Å². The summed E-state index contributed by atoms with van der Waals surface area (Å²) in [6.45, 7) is 1.50. The van der Waals surface area contributed by atoms with Crippen LogP contribution in [0.2, 0.25) is 0 Å². The van der Waals surface area contributed by atoms with Gasteiger partial charge in [0.1, 0.15) is 0 Å². The first-order chi connectivity index (χ1) is 19.3. The van der Waals surface area contributed by atoms with Gasteiger partial charge in [-0.05, 0) is 66.2 Å². The molecule has 13 heteroatoms. The van der Waals surface area contributed by atoms with Crippen LogP contribution in [0.1, 0.15) is 21.7 Å². The number of morpholine rings is 1. The number of ether oxygens (including phenoxy) is 1. The van der Waals surface area contributed by atoms with E-state index in [2.05, 4.69) is 59.5 Å². The Bertz CT molecular complexity index is 1570. The highest BCUT2D eigenvalue weighted by molar-refractivity contribution is 9.10. The van der Waals surface area contributed by atoms with Gasteiger partial charge in [0.25, 0.3) is 5.91 Å². The lowest BCUT2D eigenvalue weighted by Gasteiger charge is -2.26. The Hall–Kier alpha value is -2.55. The number of benzene rings is 3. The average Bonchev–Trinajstić information content (AvgIpc) is 3.39. The number of sulfonamides is 1. The molecule has 1 N–H and O–H groups in total. The monoisotopic (exact) mass is 705 g/mol. The molecule has 1 fully saturated rings. The van der Waals surface area contributed by atoms with Crippen molar-refractivity contribution in [1.29, 1.82) is 0 Å². The maximum atomic E-state index is 13.0. The molecule has 1 amide bonds. The smallest absolute Gasteiger partial charge is 0.251 e. The van der Waals surface area contributed by atoms with Crippen LogP contribution in [0.5, 0.6) is 0 Å². The van der Waals surface area contributed by atoms with Gasteiger partial charge in [0.05, 0.1) is 24.7 Å². The molecule has 4 aromatic rings. The minimum Gasteiger partial charge on any atom is -0.379 e. The fourth-order valence-electron chi connectivity index (χ4n) is 4.06. The number of hydrogen-bond acceptors (Lipinski definition) is 7. The van der Waals surface area contributed by atoms with Gasteiger partial charge in [-0.2, -0.15) is 4.31 Å². The van der Waals surface area contributed by atoms with Crippen LogP contribution in [0.4, 0.5) is 0 Å². The van der Waals surface area contributed by atoms with Gasteiger partial charge >= 0.3 is 0 Å². The molecule has 0 aliphatic carbocycles. The van der Waals surface area contributed by atoms with Crippen LogP contribution in [-0.2, 0) is 27.1 Å². The third-order valence-corrected chi connectivity index (χ3v) is 10.2. The summed E-state index contributed by atoms with van der Waals surface area (Å²) in [5.41, 5.74) is 2.36. The number of hydrogen-bond donors (Lipinski definition) is 1. The fraction of sp³-hybridized carbons (Fsp3) is 0.222. The summed E-state index contributed by atoms with van der Waals surface area (Å²) in [5, 5.41) is 12.4. The number of halogens is 2. The first kappa shape index (κ1) is 29.0. The molecule has 5 rings (SSSR count). The fourth-order valence-corrected chi connectivity index (χ4v) is 6.93. The summed E-state index contributed by atoms with van der Waals surface area (Å²) >= 11 is 8.49. The average molecular weight is 707 g/mol. The molecule has 1 aromatic heterocycles. The number of amides is 1. The minimum absolute atomic E-state index is 0.134. The number of aromatic nitrogens is 3. The highest BCUT2D eigenvalue weighted by Crippen LogP contribution is 2.27. The molecule has 40 heavy (non-hydrogen) atoms. The summed E-state index contributed by atoms with van der Waals surface area (Å²) in [6, 6.07) is 21.8. The standard InChI is InChI=1S/C27H25Br2N5O4S2/c28-21-5-1-19(2-6-21)18-39-27-32-31-25(34(27)23-9-7-22(29)8-10-23)17-30-26(35)20-3-11-24(12-4-20)40(36,37)33-13-15-38-16-14-33/h1-12H,13-18H2,(H,30,35). The molecule has 0 radical (unpaired) electrons. The van der Waals surface area contributed by atoms with Crippen LogP contribution >= 0.6 is 43.6 Å². The minimum atomic E-state index is -3.63. The number of thioether (sulfide) groups is 1. The second-order valence-electron chi connectivity index (χ2n) is 8.85. The molecule has 1 saturated heterocycles. The zero-order valence-corrected chi connectivity index (χ0v) is 26.0. The van der Waals surface area contributed by atoms with Crippen molar-refractivity contribution in [1.82, 2.24) is 24.4 Å². The number of nitrogens with one attached hydrogen (secondary N) is 1. The molecule has 0 spiro atoms. The quantitative estimate of drug-likeness (QED) is 0.243. The van der Waals surface area contributed by atoms with Gasteiger partial charge in [-0.15, -0.1) is 10.2 Å². The van der Waals surface area contributed by atoms with E-state index in [1.54, 1.807) is 11.8 Å². The molecule has 9 nitrogen and oxygen atoms in total. The molecule has 0 bridgehead atoms. The number of rotatable bonds is 9. The van der Waals surface area contributed by atoms with Crippen molar-refractivity contribution in [3.05, 3.63) is 98.7 Å². The molecular weight excluding hydrogens is 682 g/mol. The van der Waals surface area contributed by atoms with E-state index in [9.17, 15) is 13.2 Å². The Morgan fingerprint density at radius 1 is 0.900 bits per heavy atom. The van der Waals surface area contributed by atoms with Crippen LogP contribution in [0.15, 0.2) is 91.8 Å². The molecule has 1 aliphatic rings. The van der Waals surface area contributed by atoms with E-state index in [1.165, 1.54) is 28.6 Å². The molecule has 2 heterocycles. The summed E-state index contributed by atoms with van der Waals surface area (Å²) in [4.78, 5) is 13.1. The predicted octanol–water partition coefficient (Wildman–Crippen LogP) is 5.04. The van der Waals surface area contributed by atoms with Gasteiger partial charge in [0.15, 0.2) is 11.0 Å². The molecule has 0 unspecified atom stereocenters. The van der Waals surface area contributed by atoms with Crippen LogP contribution in [0.3, 0.4) is 0 Å². The summed E-state index contributed by atoms with van der Waals surface area (Å²) in [7, 11) is -3.63. The normalized spacial score (nSPS) is 14.2. The van der Waals surface area contributed by atoms with Crippen molar-refractivity contribution >= 4 is 59.6 Å². The molecule has 0 atom stereocenters. The zero-order valence-electron chi connectivity index (χ0n) is 21.2. The van der Waals surface area contributed by atoms with E-state index in [0.717, 1.165) is 20.2 Å². The highest BCUT2D eigenvalue weighted by Gasteiger charge is 2.26. The van der Waals surface area contributed by atoms with Gasteiger partial charge in [0.2, 0.25) is 10.0 Å². The van der Waals surface area contributed by atoms with Gasteiger partial charge in [0, 0.05) is 39.0 Å². The Labute approximate surface area is 253 Å². The van der Waals surface area contributed by atoms with Crippen molar-refractivity contribution in [2.24, 2.45) is 0 Å². The molecule has 208 valence electrons. The first-order valence-electron chi connectivity index (χ1n) is 12.3. The van der Waals surface area contributed by atoms with E-state index < -0.39 is 10.0 Å². The second-order valence-corrected chi connectivity index (χ2v) is 13.6. The van der Waals surface area contributed by atoms with E-state index >= 15 is 0 Å². The van der Waals surface area contributed by atoms with Crippen molar-refractivity contribution < 1.29 is 17.9 Å². The Morgan fingerprint density at radius 2 is 1.52 bits per heavy atom. The van der Waals surface area contributed by atoms with Crippen molar-refractivity contribution in [3.8, 4) is 5.69 Å². The van der Waals surface area contributed by atoms with Gasteiger partial charge in [-0.1, -0.05) is 55.8 Å². The number of carbonyl (C=O) groups excluding carboxylic acids is 1. The summed E-state index contributed by atoms with van der Waals surface area (Å²) < 4.78 is 36.3. The van der Waals surface area contributed by atoms with Crippen molar-refractivity contribution in [3.63, 3.8) is 0 Å². The molecule has 1 aliphatic heterocycles. The Kier molecular flexibility index (Phi) is 9.38. The third-order valence-electron chi connectivity index (χ3n) is 6.20. The van der Waals surface area contributed by atoms with Crippen molar-refractivity contribution in [2.45, 2.75) is 22.3 Å². The van der Waals surface area contributed by atoms with E-state index in [1.807, 2.05) is 41.0 Å². The van der Waals surface area contributed by atoms with Gasteiger partial charge in [-0.25, -0.2) is 8.42 Å². The molecule has 0 saturated carbocycles. The maximum absolute atomic E-state index is 13.0. The van der Waals surface area contributed by atoms with Gasteiger partial charge < -0.3 is 10.1 Å². The largest absolute Gasteiger partial charge is 0.379 e. The first-order valence-corrected chi connectivity index (χ1v) is 16.4. The summed E-state index contributed by atoms with van der Waals surface area (Å²) in [6.07, 6.45) is 0. The van der Waals surface area contributed by atoms with Crippen LogP contribution in [0, 0.1) is 0 Å². The predicted molar refractivity (Wildman–Crippen MR) is 160 cm³/mol. The number of carbonyl (C=O) groups is 1. The third kappa shape index (κ3) is 6.84. The lowest BCUT2D eigenvalue weighted by molar-refractivity contribution is 0.0730. The summed E-state index contributed by atoms with van der Waals surface area (Å²) in [5.74, 6) is 0.929. The van der Waals surface area contributed by atoms with Gasteiger partial charge in [-0.3, -0.25) is 9.36 Å². The Morgan fingerprint density at radius 3 is 2.17 bits per heavy atom. The lowest BCUT2D eigenvalue weighted by Crippen LogP contribution is -2.40. The van der Waals surface area contributed by atoms with E-state index in [0.29, 0.717) is 48.6 Å². The van der Waals surface area contributed by atoms with E-state index in [4.69, 9.17) is 4.74 Å². The molecule has 3 aromatic carbocycles. The number of nitrogens with zero attached hydrogens (tertiary/aromatic N) is 4. The zero-order chi connectivity index (χ0) is 28.1. The highest BCUT2D eigenvalue weighted by atomic mass is 79.9. The topological polar surface area (TPSA) is 106 Å². The van der Waals surface area contributed by atoms with E-state index in [-0.39, 0.29) is 17.3 Å². The van der Waals surface area contributed by atoms with Crippen LogP contribution in [-0.4, -0.2) is 59.7 Å². The lowest BCUT2D eigenvalue weighted by atomic mass is 10.2. The molecular formula is C27H25Br2N5O4S2. The second kappa shape index (κ2) is 13.0. The SMILES string of the molecule is O=C(NCc1nnc(SCc2ccc(Br)cc2)n1-c1ccc(Br)cc1)c1ccc(S(=O)(=O)N2CCOCC2)cc1. The van der Waals surface area contributed by atoms with Crippen LogP contribution in [0.25, 0.3) is 5.69 Å². The Balaban J connectivity index is 1.30.